The van der Waals surface area contributed by atoms with Crippen LogP contribution in [-0.4, -0.2) is 29.6 Å². The number of carbonyl (C=O) groups is 2. The molecule has 132 valence electrons. The molecule has 4 rings (SSSR count). The fourth-order valence-corrected chi connectivity index (χ4v) is 3.20. The van der Waals surface area contributed by atoms with E-state index in [2.05, 4.69) is 15.8 Å². The van der Waals surface area contributed by atoms with Crippen LogP contribution in [-0.2, 0) is 4.79 Å². The number of hydrogen-bond acceptors (Lipinski definition) is 4. The molecule has 0 radical (unpaired) electrons. The molecule has 2 N–H and O–H groups in total. The highest BCUT2D eigenvalue weighted by atomic mass is 16.5. The molecule has 1 aromatic heterocycles. The molecule has 1 unspecified atom stereocenters. The number of amides is 2. The van der Waals surface area contributed by atoms with Crippen LogP contribution in [0, 0.1) is 0 Å². The SMILES string of the molecule is O=C(NC1CCCCNC1=O)c1ccc2noc(-c3ccccc3)c2c1. The van der Waals surface area contributed by atoms with Crippen molar-refractivity contribution >= 4 is 22.7 Å². The standard InChI is InChI=1S/C20H19N3O3/c24-19(22-17-8-4-5-11-21-20(17)25)14-9-10-16-15(12-14)18(26-23-16)13-6-2-1-3-7-13/h1-3,6-7,9-10,12,17H,4-5,8,11H2,(H,21,25)(H,22,24). The molecule has 1 saturated heterocycles. The van der Waals surface area contributed by atoms with E-state index in [1.165, 1.54) is 0 Å². The predicted octanol–water partition coefficient (Wildman–Crippen LogP) is 2.89. The van der Waals surface area contributed by atoms with Crippen molar-refractivity contribution in [3.05, 3.63) is 54.1 Å². The van der Waals surface area contributed by atoms with Crippen LogP contribution in [0.1, 0.15) is 29.6 Å². The number of nitrogens with zero attached hydrogens (tertiary/aromatic N) is 1. The van der Waals surface area contributed by atoms with E-state index in [0.717, 1.165) is 23.8 Å². The van der Waals surface area contributed by atoms with Crippen molar-refractivity contribution < 1.29 is 14.1 Å². The van der Waals surface area contributed by atoms with Gasteiger partial charge in [-0.3, -0.25) is 9.59 Å². The molecule has 0 bridgehead atoms. The Morgan fingerprint density at radius 1 is 1.15 bits per heavy atom. The molecular formula is C20H19N3O3. The maximum absolute atomic E-state index is 12.6. The molecule has 1 aliphatic rings. The molecule has 0 aliphatic carbocycles. The Bertz CT molecular complexity index is 949. The first-order valence-corrected chi connectivity index (χ1v) is 8.76. The monoisotopic (exact) mass is 349 g/mol. The van der Waals surface area contributed by atoms with Crippen molar-refractivity contribution in [2.75, 3.05) is 6.54 Å². The van der Waals surface area contributed by atoms with Crippen molar-refractivity contribution in [3.63, 3.8) is 0 Å². The third-order valence-electron chi connectivity index (χ3n) is 4.62. The fraction of sp³-hybridized carbons (Fsp3) is 0.250. The van der Waals surface area contributed by atoms with E-state index in [9.17, 15) is 9.59 Å². The number of aromatic nitrogens is 1. The van der Waals surface area contributed by atoms with Crippen molar-refractivity contribution in [2.24, 2.45) is 0 Å². The lowest BCUT2D eigenvalue weighted by Crippen LogP contribution is -2.45. The Hall–Kier alpha value is -3.15. The van der Waals surface area contributed by atoms with Crippen LogP contribution in [0.3, 0.4) is 0 Å². The normalized spacial score (nSPS) is 17.5. The van der Waals surface area contributed by atoms with Crippen molar-refractivity contribution in [1.29, 1.82) is 0 Å². The molecule has 26 heavy (non-hydrogen) atoms. The summed E-state index contributed by atoms with van der Waals surface area (Å²) in [7, 11) is 0. The summed E-state index contributed by atoms with van der Waals surface area (Å²) in [5.74, 6) is 0.239. The van der Waals surface area contributed by atoms with Crippen LogP contribution >= 0.6 is 0 Å². The molecule has 6 heteroatoms. The van der Waals surface area contributed by atoms with Crippen molar-refractivity contribution in [3.8, 4) is 11.3 Å². The van der Waals surface area contributed by atoms with E-state index in [-0.39, 0.29) is 11.8 Å². The molecule has 2 amide bonds. The van der Waals surface area contributed by atoms with Crippen LogP contribution in [0.2, 0.25) is 0 Å². The predicted molar refractivity (Wildman–Crippen MR) is 97.6 cm³/mol. The maximum atomic E-state index is 12.6. The molecule has 3 aromatic rings. The third kappa shape index (κ3) is 3.18. The summed E-state index contributed by atoms with van der Waals surface area (Å²) in [6.45, 7) is 0.665. The van der Waals surface area contributed by atoms with Gasteiger partial charge >= 0.3 is 0 Å². The summed E-state index contributed by atoms with van der Waals surface area (Å²) < 4.78 is 5.47. The molecule has 0 spiro atoms. The van der Waals surface area contributed by atoms with Gasteiger partial charge in [-0.1, -0.05) is 35.5 Å². The van der Waals surface area contributed by atoms with Gasteiger partial charge in [-0.05, 0) is 37.5 Å². The first kappa shape index (κ1) is 16.3. The Morgan fingerprint density at radius 3 is 2.85 bits per heavy atom. The maximum Gasteiger partial charge on any atom is 0.251 e. The molecule has 6 nitrogen and oxygen atoms in total. The summed E-state index contributed by atoms with van der Waals surface area (Å²) in [5.41, 5.74) is 2.07. The second-order valence-corrected chi connectivity index (χ2v) is 6.42. The zero-order valence-corrected chi connectivity index (χ0v) is 14.2. The van der Waals surface area contributed by atoms with E-state index >= 15 is 0 Å². The van der Waals surface area contributed by atoms with E-state index in [1.54, 1.807) is 18.2 Å². The number of fused-ring (bicyclic) bond motifs is 1. The van der Waals surface area contributed by atoms with Crippen LogP contribution in [0.25, 0.3) is 22.2 Å². The number of rotatable bonds is 3. The minimum Gasteiger partial charge on any atom is -0.355 e. The summed E-state index contributed by atoms with van der Waals surface area (Å²) in [6, 6.07) is 14.4. The van der Waals surface area contributed by atoms with Gasteiger partial charge < -0.3 is 15.2 Å². The zero-order chi connectivity index (χ0) is 17.9. The van der Waals surface area contributed by atoms with Crippen LogP contribution in [0.4, 0.5) is 0 Å². The lowest BCUT2D eigenvalue weighted by Gasteiger charge is -2.15. The summed E-state index contributed by atoms with van der Waals surface area (Å²) in [6.07, 6.45) is 2.50. The van der Waals surface area contributed by atoms with Crippen LogP contribution in [0.15, 0.2) is 53.1 Å². The minimum atomic E-state index is -0.489. The van der Waals surface area contributed by atoms with Crippen molar-refractivity contribution in [1.82, 2.24) is 15.8 Å². The highest BCUT2D eigenvalue weighted by Crippen LogP contribution is 2.29. The average Bonchev–Trinajstić information content (AvgIpc) is 3.00. The number of carbonyl (C=O) groups excluding carboxylic acids is 2. The second-order valence-electron chi connectivity index (χ2n) is 6.42. The van der Waals surface area contributed by atoms with Gasteiger partial charge in [-0.2, -0.15) is 0 Å². The Labute approximate surface area is 150 Å². The Balaban J connectivity index is 1.62. The van der Waals surface area contributed by atoms with E-state index in [1.807, 2.05) is 30.3 Å². The minimum absolute atomic E-state index is 0.119. The van der Waals surface area contributed by atoms with E-state index in [4.69, 9.17) is 4.52 Å². The molecule has 2 heterocycles. The molecule has 0 saturated carbocycles. The number of hydrogen-bond donors (Lipinski definition) is 2. The molecule has 2 aromatic carbocycles. The zero-order valence-electron chi connectivity index (χ0n) is 14.2. The third-order valence-corrected chi connectivity index (χ3v) is 4.62. The highest BCUT2D eigenvalue weighted by Gasteiger charge is 2.23. The van der Waals surface area contributed by atoms with Gasteiger partial charge in [0.05, 0.1) is 5.39 Å². The van der Waals surface area contributed by atoms with Gasteiger partial charge in [-0.15, -0.1) is 0 Å². The van der Waals surface area contributed by atoms with Gasteiger partial charge in [-0.25, -0.2) is 0 Å². The smallest absolute Gasteiger partial charge is 0.251 e. The molecule has 1 atom stereocenters. The average molecular weight is 349 g/mol. The van der Waals surface area contributed by atoms with Gasteiger partial charge in [0.2, 0.25) is 5.91 Å². The van der Waals surface area contributed by atoms with E-state index in [0.29, 0.717) is 29.8 Å². The van der Waals surface area contributed by atoms with Crippen molar-refractivity contribution in [2.45, 2.75) is 25.3 Å². The highest BCUT2D eigenvalue weighted by molar-refractivity contribution is 6.02. The second kappa shape index (κ2) is 7.00. The molecule has 1 aliphatic heterocycles. The van der Waals surface area contributed by atoms with Gasteiger partial charge in [0.1, 0.15) is 11.6 Å². The van der Waals surface area contributed by atoms with Gasteiger partial charge in [0, 0.05) is 17.7 Å². The quantitative estimate of drug-likeness (QED) is 0.761. The Morgan fingerprint density at radius 2 is 2.00 bits per heavy atom. The summed E-state index contributed by atoms with van der Waals surface area (Å²) >= 11 is 0. The number of benzene rings is 2. The van der Waals surface area contributed by atoms with Crippen LogP contribution in [0.5, 0.6) is 0 Å². The molecule has 1 fully saturated rings. The van der Waals surface area contributed by atoms with Crippen LogP contribution < -0.4 is 10.6 Å². The largest absolute Gasteiger partial charge is 0.355 e. The molecular weight excluding hydrogens is 330 g/mol. The van der Waals surface area contributed by atoms with Gasteiger partial charge in [0.25, 0.3) is 5.91 Å². The van der Waals surface area contributed by atoms with E-state index < -0.39 is 6.04 Å². The first-order valence-electron chi connectivity index (χ1n) is 8.76. The van der Waals surface area contributed by atoms with Gasteiger partial charge in [0.15, 0.2) is 5.76 Å². The lowest BCUT2D eigenvalue weighted by atomic mass is 10.1. The Kier molecular flexibility index (Phi) is 4.39. The lowest BCUT2D eigenvalue weighted by molar-refractivity contribution is -0.122. The first-order chi connectivity index (χ1) is 12.7. The summed E-state index contributed by atoms with van der Waals surface area (Å²) in [5, 5.41) is 10.5. The summed E-state index contributed by atoms with van der Waals surface area (Å²) in [4.78, 5) is 24.7. The number of nitrogens with one attached hydrogen (secondary N) is 2. The fourth-order valence-electron chi connectivity index (χ4n) is 3.20. The topological polar surface area (TPSA) is 84.2 Å².